The molecular weight excluding hydrogens is 621 g/mol. The highest BCUT2D eigenvalue weighted by atomic mass is 32.2. The number of fused-ring (bicyclic) bond motifs is 2. The van der Waals surface area contributed by atoms with Crippen LogP contribution in [0, 0.1) is 18.3 Å². The maximum Gasteiger partial charge on any atom is 0.416 e. The van der Waals surface area contributed by atoms with Crippen molar-refractivity contribution < 1.29 is 32.4 Å². The number of hydrogen-bond donors (Lipinski definition) is 2. The monoisotopic (exact) mass is 659 g/mol. The largest absolute Gasteiger partial charge is 0.464 e. The lowest BCUT2D eigenvalue weighted by molar-refractivity contribution is -0.0508. The molecule has 0 aliphatic carbocycles. The van der Waals surface area contributed by atoms with E-state index in [1.165, 1.54) is 18.3 Å². The van der Waals surface area contributed by atoms with Crippen molar-refractivity contribution in [2.45, 2.75) is 83.9 Å². The molecule has 45 heavy (non-hydrogen) atoms. The summed E-state index contributed by atoms with van der Waals surface area (Å²) in [7, 11) is -3.23. The van der Waals surface area contributed by atoms with Crippen LogP contribution >= 0.6 is 0 Å². The van der Waals surface area contributed by atoms with E-state index in [0.717, 1.165) is 10.6 Å². The topological polar surface area (TPSA) is 131 Å². The Morgan fingerprint density at radius 1 is 1.20 bits per heavy atom. The van der Waals surface area contributed by atoms with E-state index in [4.69, 9.17) is 14.5 Å². The summed E-state index contributed by atoms with van der Waals surface area (Å²) in [5, 5.41) is 19.9. The van der Waals surface area contributed by atoms with Crippen molar-refractivity contribution in [2.24, 2.45) is 0 Å². The summed E-state index contributed by atoms with van der Waals surface area (Å²) in [6.45, 7) is 12.5. The number of aryl methyl sites for hydroxylation is 1. The molecule has 2 heterocycles. The second-order valence-electron chi connectivity index (χ2n) is 13.3. The summed E-state index contributed by atoms with van der Waals surface area (Å²) in [5.74, 6) is 0.0283. The van der Waals surface area contributed by atoms with E-state index in [1.807, 2.05) is 0 Å². The molecule has 4 aromatic rings. The molecule has 2 aromatic carbocycles. The van der Waals surface area contributed by atoms with E-state index in [2.05, 4.69) is 30.4 Å². The summed E-state index contributed by atoms with van der Waals surface area (Å²) in [6.07, 6.45) is 0.0694. The lowest BCUT2D eigenvalue weighted by Gasteiger charge is -2.35. The number of alkyl halides is 2. The smallest absolute Gasteiger partial charge is 0.416 e. The molecule has 0 aliphatic rings. The highest BCUT2D eigenvalue weighted by Gasteiger charge is 2.43. The number of halogens is 2. The zero-order valence-corrected chi connectivity index (χ0v) is 28.5. The van der Waals surface area contributed by atoms with Gasteiger partial charge in [-0.3, -0.25) is 4.57 Å². The minimum atomic E-state index is -3.21. The number of rotatable bonds is 11. The third-order valence-electron chi connectivity index (χ3n) is 7.44. The second kappa shape index (κ2) is 12.6. The number of ether oxygens (including phenoxy) is 2. The molecule has 14 heteroatoms. The van der Waals surface area contributed by atoms with Crippen LogP contribution < -0.4 is 9.46 Å². The van der Waals surface area contributed by atoms with Gasteiger partial charge < -0.3 is 19.1 Å². The zero-order chi connectivity index (χ0) is 33.5. The third-order valence-corrected chi connectivity index (χ3v) is 10.8. The lowest BCUT2D eigenvalue weighted by atomic mass is 9.87. The first kappa shape index (κ1) is 34.2. The van der Waals surface area contributed by atoms with Crippen LogP contribution in [0.25, 0.3) is 21.9 Å². The fraction of sp³-hybridized carbons (Fsp3) is 0.452. The molecule has 0 fully saturated rings. The predicted octanol–water partition coefficient (Wildman–Crippen LogP) is 6.93. The fourth-order valence-corrected chi connectivity index (χ4v) is 6.78. The molecule has 2 aromatic heterocycles. The number of imidazole rings is 1. The van der Waals surface area contributed by atoms with Crippen molar-refractivity contribution in [1.82, 2.24) is 18.8 Å². The maximum absolute atomic E-state index is 14.0. The Balaban J connectivity index is 2.10. The first-order valence-corrected chi connectivity index (χ1v) is 19.2. The van der Waals surface area contributed by atoms with Crippen molar-refractivity contribution in [3.8, 4) is 11.8 Å². The highest BCUT2D eigenvalue weighted by Crippen LogP contribution is 2.44. The summed E-state index contributed by atoms with van der Waals surface area (Å²) >= 11 is 0. The average molecular weight is 660 g/mol. The van der Waals surface area contributed by atoms with Gasteiger partial charge in [0.25, 0.3) is 0 Å². The number of nitrogens with zero attached hydrogens (tertiary/aromatic N) is 4. The third kappa shape index (κ3) is 7.11. The van der Waals surface area contributed by atoms with Crippen molar-refractivity contribution in [2.75, 3.05) is 6.61 Å². The van der Waals surface area contributed by atoms with Crippen LogP contribution in [0.4, 0.5) is 13.6 Å². The first-order valence-electron chi connectivity index (χ1n) is 14.4. The molecule has 0 saturated heterocycles. The van der Waals surface area contributed by atoms with Crippen molar-refractivity contribution >= 4 is 47.1 Å². The summed E-state index contributed by atoms with van der Waals surface area (Å²) in [6, 6.07) is 10.9. The molecule has 2 N–H and O–H groups in total. The van der Waals surface area contributed by atoms with Crippen LogP contribution in [0.5, 0.6) is 5.75 Å². The Morgan fingerprint density at radius 3 is 2.47 bits per heavy atom. The number of carboxylic acid groups (broad SMARTS) is 1. The molecule has 2 atom stereocenters. The number of aromatic nitrogens is 3. The molecule has 0 aliphatic heterocycles. The molecule has 4 rings (SSSR count). The van der Waals surface area contributed by atoms with Gasteiger partial charge in [0.15, 0.2) is 0 Å². The van der Waals surface area contributed by atoms with E-state index in [1.54, 1.807) is 57.4 Å². The number of carbonyl (C=O) groups is 1. The van der Waals surface area contributed by atoms with Gasteiger partial charge in [0.1, 0.15) is 23.8 Å². The van der Waals surface area contributed by atoms with Gasteiger partial charge in [-0.05, 0) is 76.6 Å². The molecule has 242 valence electrons. The molecule has 0 radical (unpaired) electrons. The standard InChI is InChI=1S/C31H39F2N5O5SSi/c1-19-15-24(43-28(32)33)25(21-11-12-37(26(19)21)29(39)40)31(5,36-44(41)30(2,3)4)27-35-22-10-9-20(17-34)16-23(22)38(27)18-42-13-14-45(6,7)8/h9-12,15-16,28,36H,13-14,18H2,1-8H3,(H,39,40). The Bertz CT molecular complexity index is 1820. The Morgan fingerprint density at radius 2 is 1.89 bits per heavy atom. The van der Waals surface area contributed by atoms with E-state index >= 15 is 0 Å². The van der Waals surface area contributed by atoms with Gasteiger partial charge in [0.2, 0.25) is 0 Å². The quantitative estimate of drug-likeness (QED) is 0.132. The normalized spacial score (nSPS) is 14.5. The van der Waals surface area contributed by atoms with Gasteiger partial charge in [-0.1, -0.05) is 19.6 Å². The molecule has 0 amide bonds. The van der Waals surface area contributed by atoms with Gasteiger partial charge in [-0.25, -0.2) is 18.7 Å². The molecule has 2 unspecified atom stereocenters. The highest BCUT2D eigenvalue weighted by molar-refractivity contribution is 7.84. The van der Waals surface area contributed by atoms with E-state index in [-0.39, 0.29) is 29.4 Å². The Kier molecular flexibility index (Phi) is 9.61. The molecular formula is C31H39F2N5O5SSi. The lowest BCUT2D eigenvalue weighted by Crippen LogP contribution is -2.48. The number of hydrogen-bond acceptors (Lipinski definition) is 6. The molecule has 0 spiro atoms. The van der Waals surface area contributed by atoms with E-state index in [0.29, 0.717) is 34.2 Å². The summed E-state index contributed by atoms with van der Waals surface area (Å²) in [5.41, 5.74) is 0.577. The zero-order valence-electron chi connectivity index (χ0n) is 26.7. The van der Waals surface area contributed by atoms with E-state index in [9.17, 15) is 28.2 Å². The van der Waals surface area contributed by atoms with Crippen LogP contribution in [0.3, 0.4) is 0 Å². The van der Waals surface area contributed by atoms with Crippen molar-refractivity contribution in [3.05, 3.63) is 59.0 Å². The Hall–Kier alpha value is -3.64. The van der Waals surface area contributed by atoms with E-state index < -0.39 is 42.1 Å². The van der Waals surface area contributed by atoms with Crippen LogP contribution in [-0.4, -0.2) is 55.6 Å². The molecule has 0 bridgehead atoms. The maximum atomic E-state index is 14.0. The fourth-order valence-electron chi connectivity index (χ4n) is 5.16. The Labute approximate surface area is 264 Å². The van der Waals surface area contributed by atoms with Crippen molar-refractivity contribution in [3.63, 3.8) is 0 Å². The average Bonchev–Trinajstić information content (AvgIpc) is 3.52. The number of nitriles is 1. The van der Waals surface area contributed by atoms with Crippen LogP contribution in [0.2, 0.25) is 25.7 Å². The van der Waals surface area contributed by atoms with Gasteiger partial charge in [-0.15, -0.1) is 0 Å². The minimum absolute atomic E-state index is 0.000791. The van der Waals surface area contributed by atoms with Crippen molar-refractivity contribution in [1.29, 1.82) is 5.26 Å². The van der Waals surface area contributed by atoms with Gasteiger partial charge in [-0.2, -0.15) is 14.0 Å². The first-order chi connectivity index (χ1) is 20.9. The molecule has 0 saturated carbocycles. The SMILES string of the molecule is Cc1cc(OC(F)F)c(C(C)(NS(=O)C(C)(C)C)c2nc3ccc(C#N)cc3n2COCC[Si](C)(C)C)c2ccn(C(=O)O)c12. The predicted molar refractivity (Wildman–Crippen MR) is 173 cm³/mol. The summed E-state index contributed by atoms with van der Waals surface area (Å²) in [4.78, 5) is 17.1. The van der Waals surface area contributed by atoms with Crippen LogP contribution in [0.15, 0.2) is 36.5 Å². The minimum Gasteiger partial charge on any atom is -0.464 e. The number of benzene rings is 2. The molecule has 10 nitrogen and oxygen atoms in total. The number of nitrogens with one attached hydrogen (secondary N) is 1. The van der Waals surface area contributed by atoms with Gasteiger partial charge in [0.05, 0.1) is 43.9 Å². The van der Waals surface area contributed by atoms with Gasteiger partial charge >= 0.3 is 12.7 Å². The second-order valence-corrected chi connectivity index (χ2v) is 20.9. The van der Waals surface area contributed by atoms with Gasteiger partial charge in [0, 0.05) is 31.8 Å². The van der Waals surface area contributed by atoms with Crippen LogP contribution in [-0.2, 0) is 28.0 Å². The summed E-state index contributed by atoms with van der Waals surface area (Å²) < 4.78 is 58.2. The van der Waals surface area contributed by atoms with Crippen LogP contribution in [0.1, 0.15) is 50.2 Å².